The number of nitrogens with one attached hydrogen (secondary N) is 1. The van der Waals surface area contributed by atoms with E-state index in [1.807, 2.05) is 31.2 Å². The Kier molecular flexibility index (Phi) is 4.65. The van der Waals surface area contributed by atoms with Gasteiger partial charge in [0.1, 0.15) is 11.9 Å². The van der Waals surface area contributed by atoms with Crippen LogP contribution in [0.2, 0.25) is 0 Å². The Balaban J connectivity index is 1.60. The van der Waals surface area contributed by atoms with E-state index in [0.29, 0.717) is 11.4 Å². The normalized spacial score (nSPS) is 11.8. The van der Waals surface area contributed by atoms with Crippen molar-refractivity contribution in [2.75, 3.05) is 0 Å². The Morgan fingerprint density at radius 1 is 1.03 bits per heavy atom. The summed E-state index contributed by atoms with van der Waals surface area (Å²) < 4.78 is 2.24. The Bertz CT molecular complexity index is 1490. The van der Waals surface area contributed by atoms with Gasteiger partial charge in [0.15, 0.2) is 0 Å². The summed E-state index contributed by atoms with van der Waals surface area (Å²) >= 11 is 0. The lowest BCUT2D eigenvalue weighted by atomic mass is 10.1. The van der Waals surface area contributed by atoms with Crippen molar-refractivity contribution in [3.63, 3.8) is 0 Å². The zero-order valence-corrected chi connectivity index (χ0v) is 17.6. The van der Waals surface area contributed by atoms with E-state index in [-0.39, 0.29) is 0 Å². The number of hydrogen-bond donors (Lipinski definition) is 1. The fourth-order valence-electron chi connectivity index (χ4n) is 4.09. The van der Waals surface area contributed by atoms with Crippen LogP contribution < -0.4 is 0 Å². The molecule has 0 radical (unpaired) electrons. The van der Waals surface area contributed by atoms with Gasteiger partial charge in [-0.1, -0.05) is 54.1 Å². The van der Waals surface area contributed by atoms with E-state index in [1.165, 1.54) is 11.1 Å². The molecule has 0 atom stereocenters. The first-order valence-corrected chi connectivity index (χ1v) is 10.3. The van der Waals surface area contributed by atoms with E-state index in [2.05, 4.69) is 82.3 Å². The maximum atomic E-state index is 9.88. The average molecular weight is 403 g/mol. The van der Waals surface area contributed by atoms with Crippen molar-refractivity contribution in [3.05, 3.63) is 101 Å². The second-order valence-corrected chi connectivity index (χ2v) is 7.99. The Hall–Kier alpha value is -4.10. The highest BCUT2D eigenvalue weighted by Gasteiger charge is 2.12. The van der Waals surface area contributed by atoms with Crippen molar-refractivity contribution >= 4 is 33.6 Å². The fourth-order valence-corrected chi connectivity index (χ4v) is 4.09. The number of fused-ring (bicyclic) bond motifs is 2. The second kappa shape index (κ2) is 7.62. The minimum Gasteiger partial charge on any atom is -0.342 e. The van der Waals surface area contributed by atoms with Crippen LogP contribution in [0.15, 0.2) is 72.9 Å². The number of rotatable bonds is 4. The molecule has 4 nitrogen and oxygen atoms in total. The molecule has 0 unspecified atom stereocenters. The molecule has 0 spiro atoms. The van der Waals surface area contributed by atoms with Gasteiger partial charge < -0.3 is 9.55 Å². The molecule has 5 rings (SSSR count). The number of nitriles is 1. The minimum atomic E-state index is 0.521. The van der Waals surface area contributed by atoms with Gasteiger partial charge in [-0.25, -0.2) is 4.98 Å². The third-order valence-corrected chi connectivity index (χ3v) is 5.57. The molecular formula is C27H22N4. The lowest BCUT2D eigenvalue weighted by Gasteiger charge is -2.06. The second-order valence-electron chi connectivity index (χ2n) is 7.99. The molecule has 1 N–H and O–H groups in total. The van der Waals surface area contributed by atoms with Crippen LogP contribution in [-0.4, -0.2) is 14.5 Å². The molecule has 0 amide bonds. The molecule has 2 heterocycles. The van der Waals surface area contributed by atoms with Gasteiger partial charge in [-0.15, -0.1) is 0 Å². The Morgan fingerprint density at radius 2 is 1.87 bits per heavy atom. The van der Waals surface area contributed by atoms with Crippen molar-refractivity contribution in [2.45, 2.75) is 20.4 Å². The van der Waals surface area contributed by atoms with Crippen molar-refractivity contribution in [1.29, 1.82) is 5.26 Å². The van der Waals surface area contributed by atoms with Gasteiger partial charge in [0.25, 0.3) is 0 Å². The van der Waals surface area contributed by atoms with Crippen molar-refractivity contribution in [1.82, 2.24) is 14.5 Å². The first-order chi connectivity index (χ1) is 15.1. The lowest BCUT2D eigenvalue weighted by molar-refractivity contribution is 0.835. The standard InChI is InChI=1S/C27H22N4/c1-18-6-5-7-20(12-18)16-31-17-22(23-8-3-4-9-26(23)31)14-21(15-28)27-29-24-11-10-19(2)13-25(24)30-27/h3-14,17H,16H2,1-2H3,(H,29,30)/b21-14-. The number of H-pyrrole nitrogens is 1. The van der Waals surface area contributed by atoms with E-state index in [4.69, 9.17) is 0 Å². The number of para-hydroxylation sites is 1. The van der Waals surface area contributed by atoms with E-state index in [0.717, 1.165) is 39.6 Å². The predicted molar refractivity (Wildman–Crippen MR) is 127 cm³/mol. The summed E-state index contributed by atoms with van der Waals surface area (Å²) in [5.74, 6) is 0.596. The molecule has 0 fully saturated rings. The summed E-state index contributed by atoms with van der Waals surface area (Å²) in [7, 11) is 0. The molecule has 2 aromatic heterocycles. The molecule has 150 valence electrons. The molecule has 0 aliphatic heterocycles. The van der Waals surface area contributed by atoms with Gasteiger partial charge in [0, 0.05) is 29.2 Å². The highest BCUT2D eigenvalue weighted by Crippen LogP contribution is 2.27. The predicted octanol–water partition coefficient (Wildman–Crippen LogP) is 6.25. The van der Waals surface area contributed by atoms with Crippen LogP contribution in [0.3, 0.4) is 0 Å². The van der Waals surface area contributed by atoms with Crippen LogP contribution in [0.4, 0.5) is 0 Å². The summed E-state index contributed by atoms with van der Waals surface area (Å²) in [5, 5.41) is 11.0. The number of hydrogen-bond acceptors (Lipinski definition) is 2. The number of aryl methyl sites for hydroxylation is 2. The number of aromatic amines is 1. The van der Waals surface area contributed by atoms with Crippen LogP contribution in [0, 0.1) is 25.2 Å². The SMILES string of the molecule is Cc1cccc(Cn2cc(/C=C(/C#N)c3nc4ccc(C)cc4[nH]3)c3ccccc32)c1. The number of benzene rings is 3. The van der Waals surface area contributed by atoms with E-state index >= 15 is 0 Å². The van der Waals surface area contributed by atoms with Crippen molar-refractivity contribution in [2.24, 2.45) is 0 Å². The Labute approximate surface area is 181 Å². The minimum absolute atomic E-state index is 0.521. The van der Waals surface area contributed by atoms with Crippen molar-refractivity contribution in [3.8, 4) is 6.07 Å². The van der Waals surface area contributed by atoms with E-state index < -0.39 is 0 Å². The van der Waals surface area contributed by atoms with Gasteiger partial charge >= 0.3 is 0 Å². The molecule has 0 bridgehead atoms. The number of nitrogens with zero attached hydrogens (tertiary/aromatic N) is 3. The molecule has 3 aromatic carbocycles. The summed E-state index contributed by atoms with van der Waals surface area (Å²) in [6.07, 6.45) is 4.05. The van der Waals surface area contributed by atoms with Gasteiger partial charge in [0.2, 0.25) is 0 Å². The summed E-state index contributed by atoms with van der Waals surface area (Å²) in [6.45, 7) is 4.94. The third-order valence-electron chi connectivity index (χ3n) is 5.57. The maximum Gasteiger partial charge on any atom is 0.149 e. The molecular weight excluding hydrogens is 380 g/mol. The molecule has 0 aliphatic rings. The molecule has 5 aromatic rings. The first kappa shape index (κ1) is 18.9. The molecule has 0 aliphatic carbocycles. The van der Waals surface area contributed by atoms with Gasteiger partial charge in [-0.05, 0) is 49.2 Å². The summed E-state index contributed by atoms with van der Waals surface area (Å²) in [5.41, 5.74) is 8.15. The molecule has 31 heavy (non-hydrogen) atoms. The monoisotopic (exact) mass is 402 g/mol. The van der Waals surface area contributed by atoms with Crippen LogP contribution in [0.25, 0.3) is 33.6 Å². The van der Waals surface area contributed by atoms with E-state index in [9.17, 15) is 5.26 Å². The smallest absolute Gasteiger partial charge is 0.149 e. The lowest BCUT2D eigenvalue weighted by Crippen LogP contribution is -1.97. The molecule has 0 saturated heterocycles. The Morgan fingerprint density at radius 3 is 2.71 bits per heavy atom. The molecule has 4 heteroatoms. The highest BCUT2D eigenvalue weighted by molar-refractivity contribution is 5.98. The quantitative estimate of drug-likeness (QED) is 0.361. The third kappa shape index (κ3) is 3.62. The first-order valence-electron chi connectivity index (χ1n) is 10.3. The van der Waals surface area contributed by atoms with Crippen LogP contribution in [0.1, 0.15) is 28.1 Å². The number of allylic oxidation sites excluding steroid dienone is 1. The van der Waals surface area contributed by atoms with Crippen LogP contribution in [0.5, 0.6) is 0 Å². The largest absolute Gasteiger partial charge is 0.342 e. The topological polar surface area (TPSA) is 57.4 Å². The maximum absolute atomic E-state index is 9.88. The van der Waals surface area contributed by atoms with Gasteiger partial charge in [0.05, 0.1) is 16.6 Å². The fraction of sp³-hybridized carbons (Fsp3) is 0.111. The zero-order chi connectivity index (χ0) is 21.4. The van der Waals surface area contributed by atoms with E-state index in [1.54, 1.807) is 0 Å². The summed E-state index contributed by atoms with van der Waals surface area (Å²) in [6, 6.07) is 25.3. The van der Waals surface area contributed by atoms with Crippen molar-refractivity contribution < 1.29 is 0 Å². The van der Waals surface area contributed by atoms with Crippen LogP contribution in [-0.2, 0) is 6.54 Å². The zero-order valence-electron chi connectivity index (χ0n) is 17.6. The summed E-state index contributed by atoms with van der Waals surface area (Å²) in [4.78, 5) is 7.93. The number of aromatic nitrogens is 3. The highest BCUT2D eigenvalue weighted by atomic mass is 15.0. The van der Waals surface area contributed by atoms with Gasteiger partial charge in [-0.2, -0.15) is 5.26 Å². The van der Waals surface area contributed by atoms with Crippen LogP contribution >= 0.6 is 0 Å². The van der Waals surface area contributed by atoms with Gasteiger partial charge in [-0.3, -0.25) is 0 Å². The number of imidazole rings is 1. The molecule has 0 saturated carbocycles. The average Bonchev–Trinajstić information content (AvgIpc) is 3.33.